The molecule has 1 N–H and O–H groups in total. The number of aromatic nitrogens is 1. The van der Waals surface area contributed by atoms with E-state index in [2.05, 4.69) is 25.5 Å². The van der Waals surface area contributed by atoms with E-state index in [1.165, 1.54) is 57.1 Å². The van der Waals surface area contributed by atoms with Crippen LogP contribution in [0.25, 0.3) is 0 Å². The molecule has 0 bridgehead atoms. The molecule has 1 aromatic rings. The lowest BCUT2D eigenvalue weighted by Crippen LogP contribution is -2.47. The van der Waals surface area contributed by atoms with E-state index in [0.717, 1.165) is 19.0 Å². The van der Waals surface area contributed by atoms with Gasteiger partial charge in [-0.25, -0.2) is 4.98 Å². The van der Waals surface area contributed by atoms with Crippen molar-refractivity contribution in [3.05, 3.63) is 11.6 Å². The van der Waals surface area contributed by atoms with Gasteiger partial charge < -0.3 is 10.2 Å². The Morgan fingerprint density at radius 1 is 1.32 bits per heavy atom. The molecule has 2 aliphatic heterocycles. The van der Waals surface area contributed by atoms with E-state index in [0.29, 0.717) is 0 Å². The van der Waals surface area contributed by atoms with Crippen LogP contribution in [0.1, 0.15) is 19.3 Å². The fraction of sp³-hybridized carbons (Fsp3) is 0.786. The van der Waals surface area contributed by atoms with E-state index < -0.39 is 0 Å². The van der Waals surface area contributed by atoms with Gasteiger partial charge in [-0.05, 0) is 44.8 Å². The number of anilines is 1. The summed E-state index contributed by atoms with van der Waals surface area (Å²) in [6, 6.07) is 0. The van der Waals surface area contributed by atoms with E-state index in [1.807, 2.05) is 6.20 Å². The van der Waals surface area contributed by atoms with Crippen molar-refractivity contribution in [3.63, 3.8) is 0 Å². The fourth-order valence-electron chi connectivity index (χ4n) is 3.07. The highest BCUT2D eigenvalue weighted by Crippen LogP contribution is 2.20. The summed E-state index contributed by atoms with van der Waals surface area (Å²) in [5.41, 5.74) is 0. The highest BCUT2D eigenvalue weighted by atomic mass is 32.1. The quantitative estimate of drug-likeness (QED) is 0.909. The summed E-state index contributed by atoms with van der Waals surface area (Å²) >= 11 is 1.75. The lowest BCUT2D eigenvalue weighted by molar-refractivity contribution is 0.226. The van der Waals surface area contributed by atoms with Gasteiger partial charge in [-0.15, -0.1) is 11.3 Å². The molecule has 1 aromatic heterocycles. The zero-order chi connectivity index (χ0) is 12.9. The monoisotopic (exact) mass is 280 g/mol. The molecule has 1 atom stereocenters. The summed E-state index contributed by atoms with van der Waals surface area (Å²) in [5, 5.41) is 6.77. The second-order valence-corrected chi connectivity index (χ2v) is 6.52. The summed E-state index contributed by atoms with van der Waals surface area (Å²) in [7, 11) is 0. The number of rotatable bonds is 4. The summed E-state index contributed by atoms with van der Waals surface area (Å²) in [6.45, 7) is 8.40. The normalized spacial score (nSPS) is 25.7. The van der Waals surface area contributed by atoms with Crippen molar-refractivity contribution in [2.75, 3.05) is 50.7 Å². The first kappa shape index (κ1) is 13.3. The minimum absolute atomic E-state index is 0.908. The summed E-state index contributed by atoms with van der Waals surface area (Å²) in [4.78, 5) is 9.45. The third-order valence-corrected chi connectivity index (χ3v) is 5.15. The Bertz CT molecular complexity index is 354. The highest BCUT2D eigenvalue weighted by molar-refractivity contribution is 7.13. The van der Waals surface area contributed by atoms with Gasteiger partial charge in [-0.2, -0.15) is 0 Å². The summed E-state index contributed by atoms with van der Waals surface area (Å²) < 4.78 is 0. The van der Waals surface area contributed by atoms with Crippen LogP contribution in [-0.4, -0.2) is 55.7 Å². The van der Waals surface area contributed by atoms with E-state index in [1.54, 1.807) is 11.3 Å². The van der Waals surface area contributed by atoms with Crippen LogP contribution in [0.15, 0.2) is 11.6 Å². The van der Waals surface area contributed by atoms with E-state index in [-0.39, 0.29) is 0 Å². The Morgan fingerprint density at radius 2 is 2.21 bits per heavy atom. The van der Waals surface area contributed by atoms with Crippen LogP contribution in [0.4, 0.5) is 5.13 Å². The number of hydrogen-bond donors (Lipinski definition) is 1. The van der Waals surface area contributed by atoms with E-state index in [9.17, 15) is 0 Å². The molecule has 5 heteroatoms. The minimum Gasteiger partial charge on any atom is -0.346 e. The Labute approximate surface area is 119 Å². The predicted molar refractivity (Wildman–Crippen MR) is 81.0 cm³/mol. The van der Waals surface area contributed by atoms with Gasteiger partial charge in [0.15, 0.2) is 5.13 Å². The number of piperidine rings is 1. The number of nitrogens with zero attached hydrogens (tertiary/aromatic N) is 3. The molecule has 3 rings (SSSR count). The fourth-order valence-corrected chi connectivity index (χ4v) is 3.77. The first-order valence-electron chi connectivity index (χ1n) is 7.49. The third-order valence-electron chi connectivity index (χ3n) is 4.31. The second kappa shape index (κ2) is 6.68. The van der Waals surface area contributed by atoms with Gasteiger partial charge in [0, 0.05) is 37.8 Å². The second-order valence-electron chi connectivity index (χ2n) is 5.64. The molecular formula is C14H24N4S. The van der Waals surface area contributed by atoms with Crippen molar-refractivity contribution >= 4 is 16.5 Å². The molecule has 4 nitrogen and oxygen atoms in total. The topological polar surface area (TPSA) is 31.4 Å². The van der Waals surface area contributed by atoms with Crippen molar-refractivity contribution in [1.29, 1.82) is 0 Å². The summed E-state index contributed by atoms with van der Waals surface area (Å²) in [6.07, 6.45) is 6.06. The van der Waals surface area contributed by atoms with Crippen LogP contribution in [0, 0.1) is 5.92 Å². The van der Waals surface area contributed by atoms with Crippen LogP contribution >= 0.6 is 11.3 Å². The lowest BCUT2D eigenvalue weighted by atomic mass is 9.96. The molecule has 0 aliphatic carbocycles. The van der Waals surface area contributed by atoms with Gasteiger partial charge >= 0.3 is 0 Å². The zero-order valence-corrected chi connectivity index (χ0v) is 12.4. The van der Waals surface area contributed by atoms with Crippen LogP contribution < -0.4 is 10.2 Å². The molecule has 2 saturated heterocycles. The van der Waals surface area contributed by atoms with Crippen molar-refractivity contribution in [1.82, 2.24) is 15.2 Å². The number of nitrogens with one attached hydrogen (secondary N) is 1. The Morgan fingerprint density at radius 3 is 2.89 bits per heavy atom. The van der Waals surface area contributed by atoms with Crippen LogP contribution in [0.5, 0.6) is 0 Å². The molecule has 0 saturated carbocycles. The molecule has 2 aliphatic rings. The molecule has 3 heterocycles. The Kier molecular flexibility index (Phi) is 4.69. The van der Waals surface area contributed by atoms with Gasteiger partial charge in [0.2, 0.25) is 0 Å². The molecule has 106 valence electrons. The third kappa shape index (κ3) is 3.68. The van der Waals surface area contributed by atoms with Crippen molar-refractivity contribution < 1.29 is 0 Å². The summed E-state index contributed by atoms with van der Waals surface area (Å²) in [5.74, 6) is 0.908. The zero-order valence-electron chi connectivity index (χ0n) is 11.6. The molecular weight excluding hydrogens is 256 g/mol. The highest BCUT2D eigenvalue weighted by Gasteiger charge is 2.20. The van der Waals surface area contributed by atoms with Crippen LogP contribution in [0.3, 0.4) is 0 Å². The van der Waals surface area contributed by atoms with E-state index in [4.69, 9.17) is 0 Å². The van der Waals surface area contributed by atoms with Gasteiger partial charge in [-0.3, -0.25) is 4.90 Å². The largest absolute Gasteiger partial charge is 0.346 e. The average Bonchev–Trinajstić information content (AvgIpc) is 3.01. The van der Waals surface area contributed by atoms with Gasteiger partial charge in [0.05, 0.1) is 0 Å². The maximum Gasteiger partial charge on any atom is 0.185 e. The van der Waals surface area contributed by atoms with Gasteiger partial charge in [0.25, 0.3) is 0 Å². The van der Waals surface area contributed by atoms with Crippen molar-refractivity contribution in [2.24, 2.45) is 5.92 Å². The lowest BCUT2D eigenvalue weighted by Gasteiger charge is -2.35. The molecule has 1 unspecified atom stereocenters. The molecule has 19 heavy (non-hydrogen) atoms. The molecule has 2 fully saturated rings. The number of thiazole rings is 1. The van der Waals surface area contributed by atoms with Crippen LogP contribution in [0.2, 0.25) is 0 Å². The average molecular weight is 280 g/mol. The smallest absolute Gasteiger partial charge is 0.185 e. The standard InChI is InChI=1S/C14H24N4S/c1-2-13(12-15-4-1)3-6-17-7-9-18(10-8-17)14-16-5-11-19-14/h5,11,13,15H,1-4,6-10,12H2. The Hall–Kier alpha value is -0.650. The SMILES string of the molecule is c1csc(N2CCN(CCC3CCCNC3)CC2)n1. The molecule has 0 amide bonds. The van der Waals surface area contributed by atoms with E-state index >= 15 is 0 Å². The molecule has 0 radical (unpaired) electrons. The number of hydrogen-bond acceptors (Lipinski definition) is 5. The van der Waals surface area contributed by atoms with Crippen LogP contribution in [-0.2, 0) is 0 Å². The molecule has 0 spiro atoms. The van der Waals surface area contributed by atoms with Gasteiger partial charge in [0.1, 0.15) is 0 Å². The van der Waals surface area contributed by atoms with Crippen molar-refractivity contribution in [3.8, 4) is 0 Å². The van der Waals surface area contributed by atoms with Crippen molar-refractivity contribution in [2.45, 2.75) is 19.3 Å². The van der Waals surface area contributed by atoms with Gasteiger partial charge in [-0.1, -0.05) is 0 Å². The maximum atomic E-state index is 4.40. The number of piperazine rings is 1. The minimum atomic E-state index is 0.908. The predicted octanol–water partition coefficient (Wildman–Crippen LogP) is 1.65. The first-order chi connectivity index (χ1) is 9.42. The molecule has 0 aromatic carbocycles. The first-order valence-corrected chi connectivity index (χ1v) is 8.37. The Balaban J connectivity index is 1.38. The maximum absolute atomic E-state index is 4.40.